The second-order valence-corrected chi connectivity index (χ2v) is 7.79. The largest absolute Gasteiger partial charge is 0.366 e. The molecule has 25 heavy (non-hydrogen) atoms. The van der Waals surface area contributed by atoms with E-state index in [0.29, 0.717) is 25.2 Å². The van der Waals surface area contributed by atoms with E-state index in [1.807, 2.05) is 6.92 Å². The average molecular weight is 373 g/mol. The van der Waals surface area contributed by atoms with Crippen LogP contribution in [0.4, 0.5) is 0 Å². The van der Waals surface area contributed by atoms with Gasteiger partial charge in [-0.3, -0.25) is 9.00 Å². The molecule has 6 nitrogen and oxygen atoms in total. The first-order valence-electron chi connectivity index (χ1n) is 8.86. The van der Waals surface area contributed by atoms with Gasteiger partial charge in [-0.25, -0.2) is 0 Å². The van der Waals surface area contributed by atoms with Crippen molar-refractivity contribution in [2.45, 2.75) is 51.0 Å². The number of ether oxygens (including phenoxy) is 1. The second-order valence-electron chi connectivity index (χ2n) is 6.23. The number of carbonyl (C=O) groups is 1. The molecule has 1 aliphatic rings. The molecule has 1 rings (SSSR count). The van der Waals surface area contributed by atoms with Gasteiger partial charge in [-0.05, 0) is 45.6 Å². The van der Waals surface area contributed by atoms with E-state index in [2.05, 4.69) is 34.9 Å². The molecule has 7 heteroatoms. The Morgan fingerprint density at radius 3 is 2.80 bits per heavy atom. The van der Waals surface area contributed by atoms with Crippen LogP contribution >= 0.6 is 0 Å². The Balaban J connectivity index is 2.72. The number of carbonyl (C=O) groups excluding carboxylic acids is 1. The molecule has 0 saturated carbocycles. The van der Waals surface area contributed by atoms with Crippen molar-refractivity contribution in [1.29, 1.82) is 0 Å². The van der Waals surface area contributed by atoms with Crippen LogP contribution in [0.1, 0.15) is 32.6 Å². The van der Waals surface area contributed by atoms with Gasteiger partial charge in [0.1, 0.15) is 0 Å². The number of likely N-dealkylation sites (N-methyl/N-ethyl adjacent to an activating group) is 1. The third kappa shape index (κ3) is 8.76. The summed E-state index contributed by atoms with van der Waals surface area (Å²) in [6.07, 6.45) is 11.9. The van der Waals surface area contributed by atoms with Gasteiger partial charge in [-0.2, -0.15) is 0 Å². The SMILES string of the molecule is CCOC(O)[C@@H](CC1C=CCC=CC1)NC(=O)[C@@H](CCS(C)=O)NC. The maximum absolute atomic E-state index is 12.5. The molecule has 0 aromatic carbocycles. The van der Waals surface area contributed by atoms with Crippen LogP contribution in [0, 0.1) is 5.92 Å². The zero-order valence-corrected chi connectivity index (χ0v) is 16.3. The molecule has 0 fully saturated rings. The number of aliphatic hydroxyl groups excluding tert-OH is 1. The van der Waals surface area contributed by atoms with Gasteiger partial charge in [0.15, 0.2) is 6.29 Å². The Kier molecular flexibility index (Phi) is 10.9. The lowest BCUT2D eigenvalue weighted by atomic mass is 9.95. The molecule has 0 bridgehead atoms. The van der Waals surface area contributed by atoms with Gasteiger partial charge in [0.25, 0.3) is 0 Å². The second kappa shape index (κ2) is 12.4. The molecular formula is C18H32N2O4S. The number of hydrogen-bond donors (Lipinski definition) is 3. The quantitative estimate of drug-likeness (QED) is 0.373. The van der Waals surface area contributed by atoms with Gasteiger partial charge < -0.3 is 20.5 Å². The van der Waals surface area contributed by atoms with Crippen molar-refractivity contribution in [2.24, 2.45) is 5.92 Å². The number of allylic oxidation sites excluding steroid dienone is 4. The molecule has 0 aromatic rings. The third-order valence-corrected chi connectivity index (χ3v) is 5.02. The minimum atomic E-state index is -1.05. The van der Waals surface area contributed by atoms with Crippen LogP contribution in [-0.4, -0.2) is 59.3 Å². The summed E-state index contributed by atoms with van der Waals surface area (Å²) >= 11 is 0. The predicted molar refractivity (Wildman–Crippen MR) is 102 cm³/mol. The van der Waals surface area contributed by atoms with Crippen molar-refractivity contribution in [3.63, 3.8) is 0 Å². The highest BCUT2D eigenvalue weighted by atomic mass is 32.2. The normalized spacial score (nSPS) is 22.0. The Labute approximate surface area is 153 Å². The summed E-state index contributed by atoms with van der Waals surface area (Å²) in [4.78, 5) is 12.5. The molecule has 0 saturated heterocycles. The van der Waals surface area contributed by atoms with Crippen LogP contribution in [0.15, 0.2) is 24.3 Å². The summed E-state index contributed by atoms with van der Waals surface area (Å²) in [5, 5.41) is 16.1. The van der Waals surface area contributed by atoms with Crippen LogP contribution in [0.25, 0.3) is 0 Å². The first-order chi connectivity index (χ1) is 12.0. The van der Waals surface area contributed by atoms with E-state index in [0.717, 1.165) is 12.8 Å². The molecule has 1 amide bonds. The minimum Gasteiger partial charge on any atom is -0.366 e. The minimum absolute atomic E-state index is 0.204. The van der Waals surface area contributed by atoms with E-state index in [1.54, 1.807) is 13.3 Å². The molecule has 3 N–H and O–H groups in total. The van der Waals surface area contributed by atoms with Gasteiger partial charge in [0.2, 0.25) is 5.91 Å². The zero-order chi connectivity index (χ0) is 18.7. The number of nitrogens with one attached hydrogen (secondary N) is 2. The lowest BCUT2D eigenvalue weighted by Crippen LogP contribution is -2.52. The van der Waals surface area contributed by atoms with E-state index >= 15 is 0 Å². The molecule has 0 radical (unpaired) electrons. The van der Waals surface area contributed by atoms with Crippen molar-refractivity contribution < 1.29 is 18.8 Å². The van der Waals surface area contributed by atoms with Gasteiger partial charge in [0.05, 0.1) is 12.1 Å². The number of aliphatic hydroxyl groups is 1. The standard InChI is InChI=1S/C18H32N2O4S/c1-4-24-18(22)16(13-14-9-7-5-6-8-10-14)20-17(21)15(19-2)11-12-25(3)23/h5,7-8,10,14-16,18-19,22H,4,6,9,11-13H2,1-3H3,(H,20,21)/t14?,15-,16-,18?,25?/m1/s1. The van der Waals surface area contributed by atoms with E-state index in [-0.39, 0.29) is 11.8 Å². The molecular weight excluding hydrogens is 340 g/mol. The predicted octanol–water partition coefficient (Wildman–Crippen LogP) is 1.10. The summed E-state index contributed by atoms with van der Waals surface area (Å²) in [7, 11) is 0.757. The monoisotopic (exact) mass is 372 g/mol. The van der Waals surface area contributed by atoms with Crippen molar-refractivity contribution >= 4 is 16.7 Å². The van der Waals surface area contributed by atoms with Gasteiger partial charge in [0, 0.05) is 29.4 Å². The van der Waals surface area contributed by atoms with Crippen molar-refractivity contribution in [2.75, 3.05) is 25.7 Å². The van der Waals surface area contributed by atoms with Crippen LogP contribution in [-0.2, 0) is 20.3 Å². The van der Waals surface area contributed by atoms with Crippen LogP contribution in [0.2, 0.25) is 0 Å². The van der Waals surface area contributed by atoms with Crippen LogP contribution < -0.4 is 10.6 Å². The van der Waals surface area contributed by atoms with E-state index < -0.39 is 29.2 Å². The van der Waals surface area contributed by atoms with E-state index in [4.69, 9.17) is 4.74 Å². The molecule has 0 spiro atoms. The Bertz CT molecular complexity index is 482. The molecule has 1 aliphatic carbocycles. The Morgan fingerprint density at radius 2 is 2.16 bits per heavy atom. The molecule has 144 valence electrons. The zero-order valence-electron chi connectivity index (χ0n) is 15.4. The first-order valence-corrected chi connectivity index (χ1v) is 10.6. The highest BCUT2D eigenvalue weighted by molar-refractivity contribution is 7.84. The summed E-state index contributed by atoms with van der Waals surface area (Å²) in [5.41, 5.74) is 0. The molecule has 0 aromatic heterocycles. The molecule has 5 atom stereocenters. The fourth-order valence-corrected chi connectivity index (χ4v) is 3.37. The van der Waals surface area contributed by atoms with Crippen LogP contribution in [0.3, 0.4) is 0 Å². The number of amides is 1. The third-order valence-electron chi connectivity index (χ3n) is 4.21. The number of rotatable bonds is 11. The van der Waals surface area contributed by atoms with Crippen molar-refractivity contribution in [3.05, 3.63) is 24.3 Å². The average Bonchev–Trinajstić information content (AvgIpc) is 2.83. The maximum Gasteiger partial charge on any atom is 0.237 e. The Hall–Kier alpha value is -1.02. The lowest BCUT2D eigenvalue weighted by molar-refractivity contribution is -0.137. The van der Waals surface area contributed by atoms with Gasteiger partial charge >= 0.3 is 0 Å². The summed E-state index contributed by atoms with van der Waals surface area (Å²) in [5.74, 6) is 0.494. The van der Waals surface area contributed by atoms with Crippen molar-refractivity contribution in [1.82, 2.24) is 10.6 Å². The number of hydrogen-bond acceptors (Lipinski definition) is 5. The topological polar surface area (TPSA) is 87.7 Å². The van der Waals surface area contributed by atoms with Crippen molar-refractivity contribution in [3.8, 4) is 0 Å². The lowest BCUT2D eigenvalue weighted by Gasteiger charge is -2.28. The molecule has 0 aliphatic heterocycles. The maximum atomic E-state index is 12.5. The summed E-state index contributed by atoms with van der Waals surface area (Å²) in [6, 6.07) is -0.929. The summed E-state index contributed by atoms with van der Waals surface area (Å²) in [6.45, 7) is 2.18. The highest BCUT2D eigenvalue weighted by Crippen LogP contribution is 2.19. The smallest absolute Gasteiger partial charge is 0.237 e. The highest BCUT2D eigenvalue weighted by Gasteiger charge is 2.27. The molecule has 0 heterocycles. The Morgan fingerprint density at radius 1 is 1.40 bits per heavy atom. The van der Waals surface area contributed by atoms with Crippen LogP contribution in [0.5, 0.6) is 0 Å². The molecule has 3 unspecified atom stereocenters. The summed E-state index contributed by atoms with van der Waals surface area (Å²) < 4.78 is 16.6. The van der Waals surface area contributed by atoms with E-state index in [9.17, 15) is 14.1 Å². The van der Waals surface area contributed by atoms with Gasteiger partial charge in [-0.15, -0.1) is 0 Å². The fourth-order valence-electron chi connectivity index (χ4n) is 2.80. The van der Waals surface area contributed by atoms with Gasteiger partial charge in [-0.1, -0.05) is 24.3 Å². The fraction of sp³-hybridized carbons (Fsp3) is 0.722. The van der Waals surface area contributed by atoms with E-state index in [1.165, 1.54) is 0 Å². The first kappa shape index (κ1) is 22.0.